The Bertz CT molecular complexity index is 1050. The number of nitrogen functional groups attached to an aromatic ring is 1. The summed E-state index contributed by atoms with van der Waals surface area (Å²) in [6.07, 6.45) is 3.31. The molecule has 0 radical (unpaired) electrons. The molecule has 7 heteroatoms. The Morgan fingerprint density at radius 2 is 1.92 bits per heavy atom. The maximum atomic E-state index is 5.92. The summed E-state index contributed by atoms with van der Waals surface area (Å²) in [5.74, 6) is 2.14. The normalized spacial score (nSPS) is 11.3. The zero-order valence-corrected chi connectivity index (χ0v) is 14.1. The lowest BCUT2D eigenvalue weighted by Crippen LogP contribution is -2.05. The molecule has 0 aliphatic rings. The lowest BCUT2D eigenvalue weighted by atomic mass is 10.1. The summed E-state index contributed by atoms with van der Waals surface area (Å²) in [5.41, 5.74) is 9.56. The molecular formula is C18H18N6O. The minimum Gasteiger partial charge on any atom is -0.458 e. The quantitative estimate of drug-likeness (QED) is 0.616. The highest BCUT2D eigenvalue weighted by Gasteiger charge is 2.16. The number of aryl methyl sites for hydroxylation is 2. The van der Waals surface area contributed by atoms with Gasteiger partial charge in [0.15, 0.2) is 11.4 Å². The summed E-state index contributed by atoms with van der Waals surface area (Å²) in [5, 5.41) is 4.43. The summed E-state index contributed by atoms with van der Waals surface area (Å²) in [6, 6.07) is 9.78. The molecule has 2 N–H and O–H groups in total. The number of hydrogen-bond acceptors (Lipinski definition) is 6. The van der Waals surface area contributed by atoms with E-state index >= 15 is 0 Å². The lowest BCUT2D eigenvalue weighted by molar-refractivity contribution is 0.541. The van der Waals surface area contributed by atoms with Crippen LogP contribution in [0.1, 0.15) is 29.6 Å². The second-order valence-corrected chi connectivity index (χ2v) is 5.87. The first-order chi connectivity index (χ1) is 12.1. The van der Waals surface area contributed by atoms with E-state index in [0.717, 1.165) is 29.1 Å². The molecule has 0 bridgehead atoms. The molecule has 0 saturated carbocycles. The molecule has 7 nitrogen and oxygen atoms in total. The van der Waals surface area contributed by atoms with Crippen LogP contribution in [0.5, 0.6) is 0 Å². The second-order valence-electron chi connectivity index (χ2n) is 5.87. The fourth-order valence-electron chi connectivity index (χ4n) is 2.80. The van der Waals surface area contributed by atoms with Crippen LogP contribution in [-0.2, 0) is 12.8 Å². The zero-order chi connectivity index (χ0) is 17.4. The van der Waals surface area contributed by atoms with Crippen molar-refractivity contribution in [2.45, 2.75) is 26.7 Å². The Morgan fingerprint density at radius 1 is 1.08 bits per heavy atom. The number of anilines is 1. The number of furan rings is 1. The zero-order valence-electron chi connectivity index (χ0n) is 14.1. The molecule has 0 aliphatic carbocycles. The maximum absolute atomic E-state index is 5.92. The highest BCUT2D eigenvalue weighted by Crippen LogP contribution is 2.23. The Kier molecular flexibility index (Phi) is 3.68. The first-order valence-electron chi connectivity index (χ1n) is 8.16. The molecule has 0 amide bonds. The average molecular weight is 334 g/mol. The van der Waals surface area contributed by atoms with E-state index < -0.39 is 0 Å². The molecule has 0 aliphatic heterocycles. The number of nitrogens with two attached hydrogens (primary N) is 1. The smallest absolute Gasteiger partial charge is 0.224 e. The minimum atomic E-state index is 0.188. The summed E-state index contributed by atoms with van der Waals surface area (Å²) in [7, 11) is 0. The van der Waals surface area contributed by atoms with Crippen molar-refractivity contribution in [3.8, 4) is 11.6 Å². The topological polar surface area (TPSA) is 95.1 Å². The van der Waals surface area contributed by atoms with Gasteiger partial charge in [-0.1, -0.05) is 13.0 Å². The first-order valence-corrected chi connectivity index (χ1v) is 8.16. The first kappa shape index (κ1) is 15.3. The molecule has 0 unspecified atom stereocenters. The van der Waals surface area contributed by atoms with Gasteiger partial charge in [0.25, 0.3) is 0 Å². The van der Waals surface area contributed by atoms with E-state index in [-0.39, 0.29) is 5.95 Å². The highest BCUT2D eigenvalue weighted by atomic mass is 16.3. The van der Waals surface area contributed by atoms with E-state index in [0.29, 0.717) is 23.7 Å². The fraction of sp³-hybridized carbons (Fsp3) is 0.222. The van der Waals surface area contributed by atoms with Crippen LogP contribution in [0, 0.1) is 6.92 Å². The number of aromatic nitrogens is 5. The Morgan fingerprint density at radius 3 is 2.68 bits per heavy atom. The van der Waals surface area contributed by atoms with E-state index in [4.69, 9.17) is 10.2 Å². The summed E-state index contributed by atoms with van der Waals surface area (Å²) in [6.45, 7) is 3.97. The predicted octanol–water partition coefficient (Wildman–Crippen LogP) is 2.82. The van der Waals surface area contributed by atoms with Crippen LogP contribution in [0.4, 0.5) is 5.95 Å². The number of hydrogen-bond donors (Lipinski definition) is 1. The van der Waals surface area contributed by atoms with Crippen LogP contribution in [0.15, 0.2) is 40.9 Å². The van der Waals surface area contributed by atoms with Gasteiger partial charge in [0.2, 0.25) is 11.8 Å². The van der Waals surface area contributed by atoms with Gasteiger partial charge in [0, 0.05) is 23.4 Å². The third-order valence-corrected chi connectivity index (χ3v) is 4.02. The van der Waals surface area contributed by atoms with Gasteiger partial charge in [-0.05, 0) is 37.6 Å². The van der Waals surface area contributed by atoms with Crippen LogP contribution < -0.4 is 5.73 Å². The predicted molar refractivity (Wildman–Crippen MR) is 94.1 cm³/mol. The average Bonchev–Trinajstić information content (AvgIpc) is 3.21. The molecular weight excluding hydrogens is 316 g/mol. The number of rotatable bonds is 4. The maximum Gasteiger partial charge on any atom is 0.224 e. The largest absolute Gasteiger partial charge is 0.458 e. The number of fused-ring (bicyclic) bond motifs is 1. The van der Waals surface area contributed by atoms with Crippen molar-refractivity contribution < 1.29 is 4.42 Å². The Balaban J connectivity index is 1.80. The molecule has 0 atom stereocenters. The minimum absolute atomic E-state index is 0.188. The molecule has 0 fully saturated rings. The van der Waals surface area contributed by atoms with E-state index in [9.17, 15) is 0 Å². The van der Waals surface area contributed by atoms with Crippen molar-refractivity contribution in [2.24, 2.45) is 0 Å². The molecule has 4 heterocycles. The van der Waals surface area contributed by atoms with Crippen molar-refractivity contribution in [1.82, 2.24) is 24.6 Å². The molecule has 4 aromatic rings. The van der Waals surface area contributed by atoms with E-state index in [1.807, 2.05) is 37.3 Å². The highest BCUT2D eigenvalue weighted by molar-refractivity contribution is 5.59. The molecule has 0 saturated heterocycles. The van der Waals surface area contributed by atoms with Crippen LogP contribution in [0.2, 0.25) is 0 Å². The van der Waals surface area contributed by atoms with Crippen LogP contribution in [0.25, 0.3) is 17.2 Å². The lowest BCUT2D eigenvalue weighted by Gasteiger charge is -2.04. The molecule has 0 spiro atoms. The Hall–Kier alpha value is -3.22. The summed E-state index contributed by atoms with van der Waals surface area (Å²) < 4.78 is 7.33. The molecule has 0 aromatic carbocycles. The van der Waals surface area contributed by atoms with Gasteiger partial charge >= 0.3 is 0 Å². The van der Waals surface area contributed by atoms with Crippen molar-refractivity contribution in [2.75, 3.05) is 5.73 Å². The van der Waals surface area contributed by atoms with E-state index in [1.54, 1.807) is 10.7 Å². The van der Waals surface area contributed by atoms with Crippen molar-refractivity contribution in [3.05, 3.63) is 59.2 Å². The molecule has 4 aromatic heterocycles. The molecule has 25 heavy (non-hydrogen) atoms. The third kappa shape index (κ3) is 2.84. The number of nitrogens with zero attached hydrogens (tertiary/aromatic N) is 5. The van der Waals surface area contributed by atoms with E-state index in [1.165, 1.54) is 0 Å². The SMILES string of the molecule is CCc1cccc(Cc2cnn3c(-c4ccc(C)o4)nc(N)nc23)n1. The van der Waals surface area contributed by atoms with Gasteiger partial charge in [-0.25, -0.2) is 0 Å². The summed E-state index contributed by atoms with van der Waals surface area (Å²) in [4.78, 5) is 13.3. The second kappa shape index (κ2) is 6.01. The van der Waals surface area contributed by atoms with Gasteiger partial charge in [-0.2, -0.15) is 19.6 Å². The van der Waals surface area contributed by atoms with Crippen molar-refractivity contribution >= 4 is 11.6 Å². The van der Waals surface area contributed by atoms with E-state index in [2.05, 4.69) is 27.0 Å². The van der Waals surface area contributed by atoms with Crippen molar-refractivity contribution in [1.29, 1.82) is 0 Å². The van der Waals surface area contributed by atoms with Crippen LogP contribution >= 0.6 is 0 Å². The standard InChI is InChI=1S/C18H18N6O/c1-3-13-5-4-6-14(21-13)9-12-10-20-24-16(12)22-18(19)23-17(24)15-8-7-11(2)25-15/h4-8,10H,3,9H2,1-2H3,(H2,19,22). The Labute approximate surface area is 144 Å². The monoisotopic (exact) mass is 334 g/mol. The van der Waals surface area contributed by atoms with Gasteiger partial charge in [-0.3, -0.25) is 4.98 Å². The molecule has 4 rings (SSSR count). The summed E-state index contributed by atoms with van der Waals surface area (Å²) >= 11 is 0. The van der Waals surface area contributed by atoms with Gasteiger partial charge in [-0.15, -0.1) is 0 Å². The number of pyridine rings is 1. The van der Waals surface area contributed by atoms with Crippen LogP contribution in [-0.4, -0.2) is 24.6 Å². The van der Waals surface area contributed by atoms with Crippen LogP contribution in [0.3, 0.4) is 0 Å². The fourth-order valence-corrected chi connectivity index (χ4v) is 2.80. The van der Waals surface area contributed by atoms with Crippen molar-refractivity contribution in [3.63, 3.8) is 0 Å². The van der Waals surface area contributed by atoms with Gasteiger partial charge < -0.3 is 10.2 Å². The third-order valence-electron chi connectivity index (χ3n) is 4.02. The molecule has 126 valence electrons. The van der Waals surface area contributed by atoms with Gasteiger partial charge in [0.1, 0.15) is 5.76 Å². The van der Waals surface area contributed by atoms with Gasteiger partial charge in [0.05, 0.1) is 6.20 Å².